The summed E-state index contributed by atoms with van der Waals surface area (Å²) in [6, 6.07) is 6.25. The molecule has 0 aromatic carbocycles. The molecule has 0 saturated carbocycles. The minimum absolute atomic E-state index is 0.120. The van der Waals surface area contributed by atoms with Crippen molar-refractivity contribution in [2.45, 2.75) is 27.0 Å². The molecule has 0 unspecified atom stereocenters. The number of hydrogen-bond acceptors (Lipinski definition) is 6. The van der Waals surface area contributed by atoms with Crippen LogP contribution in [0.3, 0.4) is 0 Å². The van der Waals surface area contributed by atoms with E-state index < -0.39 is 0 Å². The van der Waals surface area contributed by atoms with Crippen molar-refractivity contribution in [1.82, 2.24) is 14.9 Å². The first-order valence-corrected chi connectivity index (χ1v) is 9.72. The van der Waals surface area contributed by atoms with Crippen LogP contribution in [-0.4, -0.2) is 47.8 Å². The van der Waals surface area contributed by atoms with Gasteiger partial charge in [0.25, 0.3) is 0 Å². The lowest BCUT2D eigenvalue weighted by atomic mass is 9.82. The van der Waals surface area contributed by atoms with Crippen LogP contribution in [0.2, 0.25) is 0 Å². The molecule has 2 fully saturated rings. The monoisotopic (exact) mass is 359 g/mol. The molecule has 0 radical (unpaired) electrons. The highest BCUT2D eigenvalue weighted by Gasteiger charge is 2.50. The molecule has 2 aliphatic rings. The van der Waals surface area contributed by atoms with E-state index in [0.717, 1.165) is 61.5 Å². The van der Waals surface area contributed by atoms with Crippen molar-refractivity contribution < 1.29 is 9.47 Å². The number of aromatic nitrogens is 2. The van der Waals surface area contributed by atoms with Gasteiger partial charge in [0.2, 0.25) is 0 Å². The number of ether oxygens (including phenoxy) is 2. The molecular formula is C19H25N3O2S. The summed E-state index contributed by atoms with van der Waals surface area (Å²) < 4.78 is 11.9. The number of fused-ring (bicyclic) bond motifs is 1. The zero-order valence-electron chi connectivity index (χ0n) is 14.9. The maximum atomic E-state index is 6.06. The first kappa shape index (κ1) is 17.1. The van der Waals surface area contributed by atoms with E-state index in [9.17, 15) is 0 Å². The van der Waals surface area contributed by atoms with Crippen molar-refractivity contribution >= 4 is 11.3 Å². The van der Waals surface area contributed by atoms with Gasteiger partial charge in [-0.25, -0.2) is 4.98 Å². The van der Waals surface area contributed by atoms with Gasteiger partial charge >= 0.3 is 0 Å². The summed E-state index contributed by atoms with van der Waals surface area (Å²) in [6.45, 7) is 10.0. The Kier molecular flexibility index (Phi) is 4.86. The Balaban J connectivity index is 1.36. The zero-order chi connectivity index (χ0) is 17.3. The lowest BCUT2D eigenvalue weighted by molar-refractivity contribution is 0.0172. The van der Waals surface area contributed by atoms with E-state index in [-0.39, 0.29) is 5.41 Å². The molecule has 0 bridgehead atoms. The Morgan fingerprint density at radius 1 is 1.32 bits per heavy atom. The first-order valence-electron chi connectivity index (χ1n) is 8.84. The SMILES string of the molecule is Cc1cccc(CN2C[C@@H]3COC[C@]3(COCc3csc(C)n3)C2)n1. The molecule has 2 saturated heterocycles. The van der Waals surface area contributed by atoms with Crippen molar-refractivity contribution in [2.24, 2.45) is 11.3 Å². The summed E-state index contributed by atoms with van der Waals surface area (Å²) in [6.07, 6.45) is 0. The molecule has 25 heavy (non-hydrogen) atoms. The normalized spacial score (nSPS) is 26.2. The van der Waals surface area contributed by atoms with Crippen LogP contribution < -0.4 is 0 Å². The molecule has 0 aliphatic carbocycles. The average Bonchev–Trinajstić information content (AvgIpc) is 3.22. The van der Waals surface area contributed by atoms with Gasteiger partial charge in [-0.15, -0.1) is 11.3 Å². The quantitative estimate of drug-likeness (QED) is 0.794. The minimum Gasteiger partial charge on any atom is -0.380 e. The Labute approximate surface area is 153 Å². The Bertz CT molecular complexity index is 735. The van der Waals surface area contributed by atoms with Gasteiger partial charge in [-0.1, -0.05) is 6.07 Å². The van der Waals surface area contributed by atoms with E-state index in [4.69, 9.17) is 9.47 Å². The van der Waals surface area contributed by atoms with Crippen LogP contribution >= 0.6 is 11.3 Å². The number of likely N-dealkylation sites (tertiary alicyclic amines) is 1. The van der Waals surface area contributed by atoms with Gasteiger partial charge in [-0.2, -0.15) is 0 Å². The molecule has 0 amide bonds. The fourth-order valence-corrected chi connectivity index (χ4v) is 4.61. The van der Waals surface area contributed by atoms with Crippen molar-refractivity contribution in [1.29, 1.82) is 0 Å². The Morgan fingerprint density at radius 2 is 2.24 bits per heavy atom. The molecule has 2 aromatic heterocycles. The zero-order valence-corrected chi connectivity index (χ0v) is 15.7. The van der Waals surface area contributed by atoms with Gasteiger partial charge in [0.15, 0.2) is 0 Å². The third-order valence-electron chi connectivity index (χ3n) is 5.23. The predicted molar refractivity (Wildman–Crippen MR) is 97.5 cm³/mol. The number of aryl methyl sites for hydroxylation is 2. The lowest BCUT2D eigenvalue weighted by Gasteiger charge is -2.27. The van der Waals surface area contributed by atoms with E-state index >= 15 is 0 Å². The number of nitrogens with zero attached hydrogens (tertiary/aromatic N) is 3. The summed E-state index contributed by atoms with van der Waals surface area (Å²) in [5.74, 6) is 0.550. The maximum absolute atomic E-state index is 6.06. The van der Waals surface area contributed by atoms with Gasteiger partial charge in [0.05, 0.1) is 42.8 Å². The van der Waals surface area contributed by atoms with Gasteiger partial charge in [0.1, 0.15) is 0 Å². The standard InChI is InChI=1S/C19H25N3O2S/c1-14-4-3-5-17(20-14)7-22-6-16-8-23-12-19(16,11-22)13-24-9-18-10-25-15(2)21-18/h3-5,10,16H,6-9,11-13H2,1-2H3/t16-,19+/m1/s1. The first-order chi connectivity index (χ1) is 12.1. The second kappa shape index (κ2) is 7.11. The van der Waals surface area contributed by atoms with Crippen LogP contribution in [0.4, 0.5) is 0 Å². The van der Waals surface area contributed by atoms with Gasteiger partial charge in [-0.05, 0) is 26.0 Å². The molecule has 6 heteroatoms. The molecule has 2 aromatic rings. The van der Waals surface area contributed by atoms with Crippen molar-refractivity contribution in [3.8, 4) is 0 Å². The number of rotatable bonds is 6. The van der Waals surface area contributed by atoms with Crippen molar-refractivity contribution in [3.05, 3.63) is 45.7 Å². The van der Waals surface area contributed by atoms with E-state index in [0.29, 0.717) is 12.5 Å². The third-order valence-corrected chi connectivity index (χ3v) is 6.05. The predicted octanol–water partition coefficient (Wildman–Crippen LogP) is 2.82. The summed E-state index contributed by atoms with van der Waals surface area (Å²) in [5, 5.41) is 3.18. The van der Waals surface area contributed by atoms with Crippen LogP contribution in [0.15, 0.2) is 23.6 Å². The molecule has 134 valence electrons. The van der Waals surface area contributed by atoms with Crippen LogP contribution in [0.5, 0.6) is 0 Å². The molecule has 0 N–H and O–H groups in total. The molecule has 4 rings (SSSR count). The molecule has 0 spiro atoms. The molecule has 2 aliphatic heterocycles. The lowest BCUT2D eigenvalue weighted by Crippen LogP contribution is -2.35. The third kappa shape index (κ3) is 3.77. The number of pyridine rings is 1. The molecular weight excluding hydrogens is 334 g/mol. The smallest absolute Gasteiger partial charge is 0.0898 e. The second-order valence-electron chi connectivity index (χ2n) is 7.37. The van der Waals surface area contributed by atoms with E-state index in [1.807, 2.05) is 19.9 Å². The van der Waals surface area contributed by atoms with Gasteiger partial charge in [-0.3, -0.25) is 9.88 Å². The highest BCUT2D eigenvalue weighted by atomic mass is 32.1. The highest BCUT2D eigenvalue weighted by Crippen LogP contribution is 2.42. The van der Waals surface area contributed by atoms with Gasteiger partial charge < -0.3 is 9.47 Å². The fraction of sp³-hybridized carbons (Fsp3) is 0.579. The van der Waals surface area contributed by atoms with Crippen molar-refractivity contribution in [2.75, 3.05) is 32.9 Å². The largest absolute Gasteiger partial charge is 0.380 e. The maximum Gasteiger partial charge on any atom is 0.0898 e. The Morgan fingerprint density at radius 3 is 3.04 bits per heavy atom. The van der Waals surface area contributed by atoms with E-state index in [2.05, 4.69) is 32.4 Å². The number of thiazole rings is 1. The topological polar surface area (TPSA) is 47.5 Å². The van der Waals surface area contributed by atoms with Crippen LogP contribution in [0.25, 0.3) is 0 Å². The highest BCUT2D eigenvalue weighted by molar-refractivity contribution is 7.09. The minimum atomic E-state index is 0.120. The van der Waals surface area contributed by atoms with E-state index in [1.54, 1.807) is 11.3 Å². The van der Waals surface area contributed by atoms with E-state index in [1.165, 1.54) is 0 Å². The molecule has 4 heterocycles. The fourth-order valence-electron chi connectivity index (χ4n) is 4.02. The summed E-state index contributed by atoms with van der Waals surface area (Å²) in [4.78, 5) is 11.6. The molecule has 2 atom stereocenters. The van der Waals surface area contributed by atoms with Gasteiger partial charge in [0, 0.05) is 42.0 Å². The van der Waals surface area contributed by atoms with Crippen LogP contribution in [0, 0.1) is 25.2 Å². The van der Waals surface area contributed by atoms with Crippen molar-refractivity contribution in [3.63, 3.8) is 0 Å². The Hall–Kier alpha value is -1.34. The number of hydrogen-bond donors (Lipinski definition) is 0. The second-order valence-corrected chi connectivity index (χ2v) is 8.43. The van der Waals surface area contributed by atoms with Crippen LogP contribution in [0.1, 0.15) is 22.1 Å². The summed E-state index contributed by atoms with van der Waals surface area (Å²) >= 11 is 1.68. The summed E-state index contributed by atoms with van der Waals surface area (Å²) in [7, 11) is 0. The summed E-state index contributed by atoms with van der Waals surface area (Å²) in [5.41, 5.74) is 3.38. The molecule has 5 nitrogen and oxygen atoms in total. The van der Waals surface area contributed by atoms with Crippen LogP contribution in [-0.2, 0) is 22.6 Å². The average molecular weight is 359 g/mol.